The van der Waals surface area contributed by atoms with Crippen LogP contribution in [0.4, 0.5) is 4.79 Å². The minimum Gasteiger partial charge on any atom is -0.428 e. The van der Waals surface area contributed by atoms with E-state index in [1.165, 1.54) is 6.08 Å². The Morgan fingerprint density at radius 1 is 1.15 bits per heavy atom. The molecule has 1 aromatic rings. The number of ether oxygens (including phenoxy) is 1. The van der Waals surface area contributed by atoms with Crippen LogP contribution in [0.15, 0.2) is 49.1 Å². The molecule has 0 heterocycles. The first-order valence-corrected chi connectivity index (χ1v) is 3.72. The lowest BCUT2D eigenvalue weighted by Crippen LogP contribution is -1.96. The molecule has 0 aromatic heterocycles. The van der Waals surface area contributed by atoms with Crippen molar-refractivity contribution in [1.29, 1.82) is 0 Å². The van der Waals surface area contributed by atoms with Crippen molar-refractivity contribution < 1.29 is 14.6 Å². The van der Waals surface area contributed by atoms with E-state index in [-0.39, 0.29) is 6.61 Å². The summed E-state index contributed by atoms with van der Waals surface area (Å²) in [5.41, 5.74) is 0. The van der Waals surface area contributed by atoms with Crippen LogP contribution in [0.5, 0.6) is 0 Å². The van der Waals surface area contributed by atoms with Crippen LogP contribution < -0.4 is 0 Å². The van der Waals surface area contributed by atoms with Gasteiger partial charge in [-0.2, -0.15) is 9.90 Å². The van der Waals surface area contributed by atoms with Gasteiger partial charge >= 0.3 is 6.16 Å². The molecule has 0 fully saturated rings. The lowest BCUT2D eigenvalue weighted by atomic mass is 10.4. The fraction of sp³-hybridized carbons (Fsp3) is 0.100. The first-order chi connectivity index (χ1) is 6.27. The third-order valence-corrected chi connectivity index (χ3v) is 0.986. The number of hydrogen-bond acceptors (Lipinski definition) is 2. The van der Waals surface area contributed by atoms with Crippen LogP contribution in [0, 0.1) is 0 Å². The monoisotopic (exact) mass is 179 g/mol. The van der Waals surface area contributed by atoms with E-state index in [1.54, 1.807) is 0 Å². The van der Waals surface area contributed by atoms with Crippen LogP contribution in [0.3, 0.4) is 0 Å². The number of hydrogen-bond donors (Lipinski definition) is 0. The second kappa shape index (κ2) is 8.33. The van der Waals surface area contributed by atoms with Crippen molar-refractivity contribution in [1.82, 2.24) is 0 Å². The highest BCUT2D eigenvalue weighted by Gasteiger charge is 1.92. The summed E-state index contributed by atoms with van der Waals surface area (Å²) in [5, 5.41) is 9.38. The highest BCUT2D eigenvalue weighted by molar-refractivity contribution is 5.56. The summed E-state index contributed by atoms with van der Waals surface area (Å²) in [6.07, 6.45) is -0.185. The Balaban J connectivity index is 0.000000223. The van der Waals surface area contributed by atoms with Crippen LogP contribution in [0.2, 0.25) is 0 Å². The molecular formula is C10H11O3. The molecule has 0 saturated carbocycles. The maximum Gasteiger partial charge on any atom is 0.550 e. The van der Waals surface area contributed by atoms with Crippen molar-refractivity contribution in [2.75, 3.05) is 6.61 Å². The van der Waals surface area contributed by atoms with Crippen molar-refractivity contribution in [2.45, 2.75) is 0 Å². The molecule has 1 aromatic carbocycles. The van der Waals surface area contributed by atoms with E-state index in [1.807, 2.05) is 36.4 Å². The summed E-state index contributed by atoms with van der Waals surface area (Å²) < 4.78 is 3.88. The van der Waals surface area contributed by atoms with Gasteiger partial charge < -0.3 is 4.74 Å². The quantitative estimate of drug-likeness (QED) is 0.517. The molecule has 0 unspecified atom stereocenters. The fourth-order valence-corrected chi connectivity index (χ4v) is 0.512. The van der Waals surface area contributed by atoms with Gasteiger partial charge in [0.1, 0.15) is 6.61 Å². The van der Waals surface area contributed by atoms with Gasteiger partial charge in [-0.3, -0.25) is 0 Å². The first kappa shape index (κ1) is 11.2. The lowest BCUT2D eigenvalue weighted by molar-refractivity contribution is 0.0770. The molecule has 1 rings (SSSR count). The molecule has 0 aliphatic rings. The molecule has 3 heteroatoms. The average molecular weight is 179 g/mol. The summed E-state index contributed by atoms with van der Waals surface area (Å²) in [7, 11) is 0. The van der Waals surface area contributed by atoms with Crippen molar-refractivity contribution >= 4 is 6.16 Å². The molecule has 69 valence electrons. The number of benzene rings is 1. The highest BCUT2D eigenvalue weighted by atomic mass is 16.7. The molecule has 0 bridgehead atoms. The van der Waals surface area contributed by atoms with E-state index in [0.29, 0.717) is 0 Å². The average Bonchev–Trinajstić information content (AvgIpc) is 2.18. The molecule has 0 aliphatic carbocycles. The van der Waals surface area contributed by atoms with E-state index in [4.69, 9.17) is 0 Å². The summed E-state index contributed by atoms with van der Waals surface area (Å²) in [5.74, 6) is 0. The Hall–Kier alpha value is -1.77. The van der Waals surface area contributed by atoms with Gasteiger partial charge in [-0.1, -0.05) is 49.1 Å². The molecule has 0 spiro atoms. The van der Waals surface area contributed by atoms with Crippen molar-refractivity contribution in [3.63, 3.8) is 0 Å². The smallest absolute Gasteiger partial charge is 0.428 e. The summed E-state index contributed by atoms with van der Waals surface area (Å²) in [6.45, 7) is 3.22. The highest BCUT2D eigenvalue weighted by Crippen LogP contribution is 1.79. The van der Waals surface area contributed by atoms with Crippen LogP contribution in [-0.2, 0) is 9.84 Å². The number of rotatable bonds is 2. The van der Waals surface area contributed by atoms with Gasteiger partial charge in [0.25, 0.3) is 0 Å². The fourth-order valence-electron chi connectivity index (χ4n) is 0.512. The summed E-state index contributed by atoms with van der Waals surface area (Å²) in [4.78, 5) is 9.38. The topological polar surface area (TPSA) is 46.2 Å². The van der Waals surface area contributed by atoms with Gasteiger partial charge in [0, 0.05) is 0 Å². The molecule has 0 amide bonds. The van der Waals surface area contributed by atoms with E-state index >= 15 is 0 Å². The molecule has 0 N–H and O–H groups in total. The summed E-state index contributed by atoms with van der Waals surface area (Å²) >= 11 is 0. The molecule has 0 saturated heterocycles. The molecule has 13 heavy (non-hydrogen) atoms. The molecular weight excluding hydrogens is 168 g/mol. The number of carbonyl (C=O) groups is 1. The van der Waals surface area contributed by atoms with Crippen molar-refractivity contribution in [2.24, 2.45) is 0 Å². The van der Waals surface area contributed by atoms with Crippen LogP contribution in [0.25, 0.3) is 0 Å². The predicted molar refractivity (Wildman–Crippen MR) is 48.7 cm³/mol. The second-order valence-corrected chi connectivity index (χ2v) is 2.00. The van der Waals surface area contributed by atoms with Crippen molar-refractivity contribution in [3.8, 4) is 0 Å². The van der Waals surface area contributed by atoms with Gasteiger partial charge in [-0.25, -0.2) is 0 Å². The van der Waals surface area contributed by atoms with E-state index in [0.717, 1.165) is 0 Å². The molecule has 3 nitrogen and oxygen atoms in total. The third-order valence-electron chi connectivity index (χ3n) is 0.986. The zero-order valence-electron chi connectivity index (χ0n) is 7.18. The number of carbonyl (C=O) groups excluding carboxylic acids is 1. The predicted octanol–water partition coefficient (Wildman–Crippen LogP) is 2.43. The van der Waals surface area contributed by atoms with Gasteiger partial charge in [0.05, 0.1) is 0 Å². The Bertz CT molecular complexity index is 204. The van der Waals surface area contributed by atoms with Gasteiger partial charge in [0.2, 0.25) is 0 Å². The Morgan fingerprint density at radius 2 is 1.54 bits per heavy atom. The Kier molecular flexibility index (Phi) is 7.19. The molecule has 1 radical (unpaired) electrons. The summed E-state index contributed by atoms with van der Waals surface area (Å²) in [6, 6.07) is 12.0. The minimum atomic E-state index is -1.51. The maximum absolute atomic E-state index is 9.38. The van der Waals surface area contributed by atoms with Gasteiger partial charge in [-0.15, -0.1) is 0 Å². The Labute approximate surface area is 77.3 Å². The minimum absolute atomic E-state index is 0.00231. The second-order valence-electron chi connectivity index (χ2n) is 2.00. The SMILES string of the molecule is C=CCOC([O])=O.c1ccccc1. The van der Waals surface area contributed by atoms with E-state index < -0.39 is 6.16 Å². The Morgan fingerprint density at radius 3 is 1.69 bits per heavy atom. The lowest BCUT2D eigenvalue weighted by Gasteiger charge is -1.86. The van der Waals surface area contributed by atoms with Crippen LogP contribution in [-0.4, -0.2) is 12.8 Å². The zero-order chi connectivity index (χ0) is 9.94. The largest absolute Gasteiger partial charge is 0.550 e. The van der Waals surface area contributed by atoms with E-state index in [2.05, 4.69) is 11.3 Å². The molecule has 0 aliphatic heterocycles. The normalized spacial score (nSPS) is 7.69. The standard InChI is InChI=1S/C6H6.C4H5O3/c1-2-4-6-5-3-1;1-2-3-7-4(5)6/h1-6H;2H,1,3H2. The van der Waals surface area contributed by atoms with Crippen LogP contribution in [0.1, 0.15) is 0 Å². The third kappa shape index (κ3) is 10.2. The zero-order valence-corrected chi connectivity index (χ0v) is 7.18. The molecule has 0 atom stereocenters. The van der Waals surface area contributed by atoms with Gasteiger partial charge in [0.15, 0.2) is 0 Å². The van der Waals surface area contributed by atoms with Crippen LogP contribution >= 0.6 is 0 Å². The van der Waals surface area contributed by atoms with Crippen molar-refractivity contribution in [3.05, 3.63) is 49.1 Å². The van der Waals surface area contributed by atoms with E-state index in [9.17, 15) is 9.90 Å². The first-order valence-electron chi connectivity index (χ1n) is 3.72. The van der Waals surface area contributed by atoms with Gasteiger partial charge in [-0.05, 0) is 0 Å². The maximum atomic E-state index is 9.38.